The number of nitrogens with one attached hydrogen (secondary N) is 1. The Morgan fingerprint density at radius 2 is 2.09 bits per heavy atom. The van der Waals surface area contributed by atoms with Crippen molar-refractivity contribution < 1.29 is 8.78 Å². The number of halogens is 2. The monoisotopic (exact) mass is 161 g/mol. The minimum atomic E-state index is -2.38. The molecule has 3 heteroatoms. The first-order chi connectivity index (χ1) is 5.20. The van der Waals surface area contributed by atoms with Gasteiger partial charge in [0.05, 0.1) is 0 Å². The summed E-state index contributed by atoms with van der Waals surface area (Å²) in [5.74, 6) is -2.50. The van der Waals surface area contributed by atoms with E-state index < -0.39 is 5.92 Å². The molecule has 1 saturated heterocycles. The normalized spacial score (nSPS) is 42.0. The SMILES string of the molecule is FC1(F)CCC[C@@H]2CNC[C@@H]21. The van der Waals surface area contributed by atoms with Gasteiger partial charge in [0.25, 0.3) is 5.92 Å². The van der Waals surface area contributed by atoms with Crippen molar-refractivity contribution in [3.63, 3.8) is 0 Å². The van der Waals surface area contributed by atoms with Crippen molar-refractivity contribution in [2.45, 2.75) is 25.2 Å². The number of hydrogen-bond donors (Lipinski definition) is 1. The van der Waals surface area contributed by atoms with E-state index in [-0.39, 0.29) is 18.3 Å². The van der Waals surface area contributed by atoms with Gasteiger partial charge in [0, 0.05) is 18.9 Å². The van der Waals surface area contributed by atoms with Gasteiger partial charge < -0.3 is 5.32 Å². The van der Waals surface area contributed by atoms with Crippen molar-refractivity contribution in [3.8, 4) is 0 Å². The lowest BCUT2D eigenvalue weighted by atomic mass is 9.79. The summed E-state index contributed by atoms with van der Waals surface area (Å²) in [6.07, 6.45) is 1.80. The van der Waals surface area contributed by atoms with Crippen molar-refractivity contribution in [1.29, 1.82) is 0 Å². The predicted molar refractivity (Wildman–Crippen MR) is 38.6 cm³/mol. The van der Waals surface area contributed by atoms with Crippen molar-refractivity contribution in [1.82, 2.24) is 5.32 Å². The largest absolute Gasteiger partial charge is 0.316 e. The third-order valence-corrected chi connectivity index (χ3v) is 2.97. The quantitative estimate of drug-likeness (QED) is 0.569. The van der Waals surface area contributed by atoms with E-state index in [1.807, 2.05) is 0 Å². The summed E-state index contributed by atoms with van der Waals surface area (Å²) in [4.78, 5) is 0. The summed E-state index contributed by atoms with van der Waals surface area (Å²) in [7, 11) is 0. The molecule has 0 aromatic heterocycles. The fraction of sp³-hybridized carbons (Fsp3) is 1.00. The molecule has 0 aromatic carbocycles. The Bertz CT molecular complexity index is 158. The van der Waals surface area contributed by atoms with Crippen LogP contribution in [-0.2, 0) is 0 Å². The molecule has 0 amide bonds. The maximum atomic E-state index is 13.1. The van der Waals surface area contributed by atoms with Crippen LogP contribution in [0.2, 0.25) is 0 Å². The average molecular weight is 161 g/mol. The smallest absolute Gasteiger partial charge is 0.252 e. The van der Waals surface area contributed by atoms with Gasteiger partial charge >= 0.3 is 0 Å². The summed E-state index contributed by atoms with van der Waals surface area (Å²) in [6.45, 7) is 1.33. The molecule has 2 aliphatic rings. The minimum Gasteiger partial charge on any atom is -0.316 e. The van der Waals surface area contributed by atoms with E-state index in [1.165, 1.54) is 0 Å². The Balaban J connectivity index is 2.13. The molecule has 1 N–H and O–H groups in total. The topological polar surface area (TPSA) is 12.0 Å². The molecular formula is C8H13F2N. The van der Waals surface area contributed by atoms with Gasteiger partial charge in [0.15, 0.2) is 0 Å². The fourth-order valence-corrected chi connectivity index (χ4v) is 2.32. The lowest BCUT2D eigenvalue weighted by molar-refractivity contribution is -0.0932. The zero-order valence-corrected chi connectivity index (χ0v) is 6.45. The summed E-state index contributed by atoms with van der Waals surface area (Å²) >= 11 is 0. The van der Waals surface area contributed by atoms with E-state index in [0.717, 1.165) is 13.0 Å². The highest BCUT2D eigenvalue weighted by molar-refractivity contribution is 4.93. The first-order valence-electron chi connectivity index (χ1n) is 4.29. The lowest BCUT2D eigenvalue weighted by Gasteiger charge is -2.32. The van der Waals surface area contributed by atoms with Crippen LogP contribution in [-0.4, -0.2) is 19.0 Å². The van der Waals surface area contributed by atoms with E-state index in [4.69, 9.17) is 0 Å². The van der Waals surface area contributed by atoms with Gasteiger partial charge in [0.2, 0.25) is 0 Å². The van der Waals surface area contributed by atoms with E-state index in [1.54, 1.807) is 0 Å². The number of rotatable bonds is 0. The molecule has 1 aliphatic heterocycles. The van der Waals surface area contributed by atoms with Crippen molar-refractivity contribution in [3.05, 3.63) is 0 Å². The van der Waals surface area contributed by atoms with Crippen LogP contribution in [0.25, 0.3) is 0 Å². The average Bonchev–Trinajstić information content (AvgIpc) is 2.34. The van der Waals surface area contributed by atoms with Crippen LogP contribution in [0.5, 0.6) is 0 Å². The Hall–Kier alpha value is -0.180. The Labute approximate surface area is 65.2 Å². The van der Waals surface area contributed by atoms with Crippen molar-refractivity contribution in [2.24, 2.45) is 11.8 Å². The second-order valence-corrected chi connectivity index (χ2v) is 3.68. The minimum absolute atomic E-state index is 0.107. The molecule has 2 fully saturated rings. The molecule has 1 nitrogen and oxygen atoms in total. The van der Waals surface area contributed by atoms with Gasteiger partial charge in [0.1, 0.15) is 0 Å². The van der Waals surface area contributed by atoms with E-state index >= 15 is 0 Å². The molecule has 2 atom stereocenters. The summed E-state index contributed by atoms with van der Waals surface area (Å²) < 4.78 is 26.2. The van der Waals surface area contributed by atoms with Crippen LogP contribution >= 0.6 is 0 Å². The highest BCUT2D eigenvalue weighted by atomic mass is 19.3. The maximum absolute atomic E-state index is 13.1. The van der Waals surface area contributed by atoms with E-state index in [2.05, 4.69) is 5.32 Å². The molecule has 11 heavy (non-hydrogen) atoms. The molecule has 1 saturated carbocycles. The molecular weight excluding hydrogens is 148 g/mol. The number of hydrogen-bond acceptors (Lipinski definition) is 1. The van der Waals surface area contributed by atoms with E-state index in [9.17, 15) is 8.78 Å². The maximum Gasteiger partial charge on any atom is 0.252 e. The van der Waals surface area contributed by atoms with Crippen LogP contribution in [0.1, 0.15) is 19.3 Å². The molecule has 0 aromatic rings. The van der Waals surface area contributed by atoms with Crippen molar-refractivity contribution >= 4 is 0 Å². The first-order valence-corrected chi connectivity index (χ1v) is 4.29. The van der Waals surface area contributed by atoms with Crippen LogP contribution in [0.15, 0.2) is 0 Å². The molecule has 0 radical (unpaired) electrons. The van der Waals surface area contributed by atoms with Gasteiger partial charge in [-0.3, -0.25) is 0 Å². The standard InChI is InChI=1S/C8H13F2N/c9-8(10)3-1-2-6-4-11-5-7(6)8/h6-7,11H,1-5H2/t6-,7+/m1/s1. The number of alkyl halides is 2. The second kappa shape index (κ2) is 2.41. The van der Waals surface area contributed by atoms with Crippen molar-refractivity contribution in [2.75, 3.05) is 13.1 Å². The highest BCUT2D eigenvalue weighted by Crippen LogP contribution is 2.43. The lowest BCUT2D eigenvalue weighted by Crippen LogP contribution is -2.37. The molecule has 1 heterocycles. The van der Waals surface area contributed by atoms with Gasteiger partial charge in [-0.2, -0.15) is 0 Å². The third kappa shape index (κ3) is 1.15. The van der Waals surface area contributed by atoms with Gasteiger partial charge in [-0.1, -0.05) is 0 Å². The summed E-state index contributed by atoms with van der Waals surface area (Å²) in [5, 5.41) is 3.04. The second-order valence-electron chi connectivity index (χ2n) is 3.68. The van der Waals surface area contributed by atoms with Crippen LogP contribution in [0, 0.1) is 11.8 Å². The Morgan fingerprint density at radius 3 is 2.82 bits per heavy atom. The highest BCUT2D eigenvalue weighted by Gasteiger charge is 2.48. The molecule has 64 valence electrons. The van der Waals surface area contributed by atoms with Gasteiger partial charge in [-0.25, -0.2) is 8.78 Å². The van der Waals surface area contributed by atoms with E-state index in [0.29, 0.717) is 13.0 Å². The molecule has 2 rings (SSSR count). The summed E-state index contributed by atoms with van der Waals surface area (Å²) in [5.41, 5.74) is 0. The van der Waals surface area contributed by atoms with Gasteiger partial charge in [-0.15, -0.1) is 0 Å². The predicted octanol–water partition coefficient (Wildman–Crippen LogP) is 1.64. The first kappa shape index (κ1) is 7.47. The van der Waals surface area contributed by atoms with Gasteiger partial charge in [-0.05, 0) is 25.3 Å². The Morgan fingerprint density at radius 1 is 1.27 bits per heavy atom. The molecule has 0 spiro atoms. The third-order valence-electron chi connectivity index (χ3n) is 2.97. The Kier molecular flexibility index (Phi) is 1.63. The number of fused-ring (bicyclic) bond motifs is 1. The summed E-state index contributed by atoms with van der Waals surface area (Å²) in [6, 6.07) is 0. The molecule has 0 bridgehead atoms. The van der Waals surface area contributed by atoms with Crippen LogP contribution in [0.4, 0.5) is 8.78 Å². The van der Waals surface area contributed by atoms with Crippen LogP contribution < -0.4 is 5.32 Å². The van der Waals surface area contributed by atoms with Crippen LogP contribution in [0.3, 0.4) is 0 Å². The fourth-order valence-electron chi connectivity index (χ4n) is 2.32. The molecule has 0 unspecified atom stereocenters. The zero-order valence-electron chi connectivity index (χ0n) is 6.45. The molecule has 1 aliphatic carbocycles. The zero-order chi connectivity index (χ0) is 7.90.